The Hall–Kier alpha value is -0.450. The quantitative estimate of drug-likeness (QED) is 0.743. The van der Waals surface area contributed by atoms with Crippen molar-refractivity contribution in [2.24, 2.45) is 4.99 Å². The van der Waals surface area contributed by atoms with Gasteiger partial charge in [-0.3, -0.25) is 10.3 Å². The third-order valence-corrected chi connectivity index (χ3v) is 5.48. The number of hydrogen-bond donors (Lipinski definition) is 1. The molecule has 0 aromatic rings. The lowest BCUT2D eigenvalue weighted by molar-refractivity contribution is -0.545. The maximum absolute atomic E-state index is 4.57. The van der Waals surface area contributed by atoms with Gasteiger partial charge in [-0.15, -0.1) is 0 Å². The van der Waals surface area contributed by atoms with Gasteiger partial charge < -0.3 is 0 Å². The van der Waals surface area contributed by atoms with Crippen molar-refractivity contribution in [3.05, 3.63) is 43.3 Å². The van der Waals surface area contributed by atoms with E-state index in [1.54, 1.807) is 0 Å². The Morgan fingerprint density at radius 2 is 1.65 bits per heavy atom. The van der Waals surface area contributed by atoms with E-state index < -0.39 is 0 Å². The van der Waals surface area contributed by atoms with E-state index in [0.29, 0.717) is 0 Å². The van der Waals surface area contributed by atoms with E-state index in [9.17, 15) is 0 Å². The average Bonchev–Trinajstić information content (AvgIpc) is 2.66. The zero-order chi connectivity index (χ0) is 12.7. The largest absolute Gasteiger partial charge is 0.284 e. The smallest absolute Gasteiger partial charge is 0.140 e. The lowest BCUT2D eigenvalue weighted by Gasteiger charge is -1.98. The summed E-state index contributed by atoms with van der Waals surface area (Å²) in [7, 11) is 0. The second-order valence-corrected chi connectivity index (χ2v) is 5.97. The number of quaternary nitrogens is 1. The number of nitrogens with two attached hydrogens (primary N) is 1. The third-order valence-electron chi connectivity index (χ3n) is 3.09. The molecule has 0 radical (unpaired) electrons. The summed E-state index contributed by atoms with van der Waals surface area (Å²) in [4.78, 5) is 4.57. The van der Waals surface area contributed by atoms with Crippen LogP contribution in [-0.4, -0.2) is 5.71 Å². The summed E-state index contributed by atoms with van der Waals surface area (Å²) in [5.41, 5.74) is 7.09. The highest BCUT2D eigenvalue weighted by molar-refractivity contribution is 9.12. The highest BCUT2D eigenvalue weighted by Gasteiger charge is 2.23. The van der Waals surface area contributed by atoms with Crippen LogP contribution in [0.15, 0.2) is 48.3 Å². The minimum absolute atomic E-state index is 1.05. The molecule has 2 heterocycles. The fraction of sp³-hybridized carbons (Fsp3) is 0.308. The predicted molar refractivity (Wildman–Crippen MR) is 79.1 cm³/mol. The van der Waals surface area contributed by atoms with Crippen LogP contribution in [0.5, 0.6) is 0 Å². The Labute approximate surface area is 119 Å². The molecular formula is C13H15Br2N2+. The second-order valence-electron chi connectivity index (χ2n) is 4.39. The van der Waals surface area contributed by atoms with Gasteiger partial charge in [0.15, 0.2) is 0 Å². The van der Waals surface area contributed by atoms with Crippen LogP contribution < -0.4 is 5.32 Å². The summed E-state index contributed by atoms with van der Waals surface area (Å²) in [5, 5.41) is 2.19. The maximum Gasteiger partial charge on any atom is 0.140 e. The summed E-state index contributed by atoms with van der Waals surface area (Å²) in [6, 6.07) is 0. The molecule has 0 amide bonds. The molecule has 2 rings (SSSR count). The molecular weight excluding hydrogens is 344 g/mol. The molecule has 2 aliphatic heterocycles. The van der Waals surface area contributed by atoms with Crippen LogP contribution >= 0.6 is 31.9 Å². The number of aliphatic imine (C=N–C) groups is 1. The number of allylic oxidation sites excluding steroid dienone is 6. The van der Waals surface area contributed by atoms with Crippen LogP contribution in [0.25, 0.3) is 0 Å². The first-order valence-corrected chi connectivity index (χ1v) is 7.07. The van der Waals surface area contributed by atoms with E-state index in [0.717, 1.165) is 15.9 Å². The van der Waals surface area contributed by atoms with Gasteiger partial charge in [-0.1, -0.05) is 0 Å². The molecule has 2 N–H and O–H groups in total. The molecule has 2 aliphatic rings. The van der Waals surface area contributed by atoms with Gasteiger partial charge in [0.05, 0.1) is 15.9 Å². The first kappa shape index (κ1) is 13.0. The Bertz CT molecular complexity index is 546. The topological polar surface area (TPSA) is 29.0 Å². The Morgan fingerprint density at radius 3 is 2.06 bits per heavy atom. The van der Waals surface area contributed by atoms with E-state index in [2.05, 4.69) is 69.0 Å². The van der Waals surface area contributed by atoms with Crippen molar-refractivity contribution in [3.63, 3.8) is 0 Å². The standard InChI is InChI=1S/C13H14Br2N2/c1-6-10(16-8(3)12(6)14)5-11-7(2)13(15)9(4)17-11/h5,16H,1-4H3/p+1/b11-5-. The molecule has 4 heteroatoms. The van der Waals surface area contributed by atoms with E-state index in [4.69, 9.17) is 0 Å². The van der Waals surface area contributed by atoms with Crippen molar-refractivity contribution in [3.8, 4) is 0 Å². The Morgan fingerprint density at radius 1 is 1.00 bits per heavy atom. The zero-order valence-corrected chi connectivity index (χ0v) is 13.5. The van der Waals surface area contributed by atoms with Crippen molar-refractivity contribution in [1.29, 1.82) is 0 Å². The van der Waals surface area contributed by atoms with E-state index in [-0.39, 0.29) is 0 Å². The SMILES string of the molecule is CC1=N/C(=C\C2=C(C)C(Br)=C(C)[NH2+]2)C(C)=C1Br. The molecule has 0 aliphatic carbocycles. The van der Waals surface area contributed by atoms with E-state index >= 15 is 0 Å². The van der Waals surface area contributed by atoms with Crippen LogP contribution in [0.3, 0.4) is 0 Å². The van der Waals surface area contributed by atoms with Crippen molar-refractivity contribution in [1.82, 2.24) is 0 Å². The molecule has 0 bridgehead atoms. The molecule has 0 saturated heterocycles. The summed E-state index contributed by atoms with van der Waals surface area (Å²) in [6.45, 7) is 8.35. The normalized spacial score (nSPS) is 23.4. The summed E-state index contributed by atoms with van der Waals surface area (Å²) in [6.07, 6.45) is 2.15. The summed E-state index contributed by atoms with van der Waals surface area (Å²) in [5.74, 6) is 0. The van der Waals surface area contributed by atoms with Crippen molar-refractivity contribution < 1.29 is 5.32 Å². The fourth-order valence-electron chi connectivity index (χ4n) is 1.96. The summed E-state index contributed by atoms with van der Waals surface area (Å²) < 4.78 is 2.31. The van der Waals surface area contributed by atoms with Gasteiger partial charge in [0.25, 0.3) is 0 Å². The number of hydrogen-bond acceptors (Lipinski definition) is 1. The van der Waals surface area contributed by atoms with Crippen LogP contribution in [0.2, 0.25) is 0 Å². The van der Waals surface area contributed by atoms with Crippen molar-refractivity contribution >= 4 is 37.6 Å². The van der Waals surface area contributed by atoms with Gasteiger partial charge in [0, 0.05) is 23.1 Å². The first-order valence-electron chi connectivity index (χ1n) is 5.48. The molecule has 0 aromatic heterocycles. The third kappa shape index (κ3) is 2.26. The number of nitrogens with zero attached hydrogens (tertiary/aromatic N) is 1. The van der Waals surface area contributed by atoms with Gasteiger partial charge in [-0.2, -0.15) is 0 Å². The minimum atomic E-state index is 1.05. The molecule has 0 spiro atoms. The molecule has 0 unspecified atom stereocenters. The van der Waals surface area contributed by atoms with Gasteiger partial charge in [-0.05, 0) is 58.2 Å². The lowest BCUT2D eigenvalue weighted by Crippen LogP contribution is -2.77. The predicted octanol–water partition coefficient (Wildman–Crippen LogP) is 3.49. The number of halogens is 2. The average molecular weight is 359 g/mol. The van der Waals surface area contributed by atoms with Gasteiger partial charge in [-0.25, -0.2) is 0 Å². The molecule has 2 nitrogen and oxygen atoms in total. The molecule has 0 aromatic carbocycles. The molecule has 17 heavy (non-hydrogen) atoms. The summed E-state index contributed by atoms with van der Waals surface area (Å²) >= 11 is 7.16. The molecule has 0 fully saturated rings. The Balaban J connectivity index is 2.38. The fourth-order valence-corrected chi connectivity index (χ4v) is 2.60. The van der Waals surface area contributed by atoms with Crippen LogP contribution in [0.1, 0.15) is 27.7 Å². The van der Waals surface area contributed by atoms with Crippen LogP contribution in [0.4, 0.5) is 0 Å². The van der Waals surface area contributed by atoms with E-state index in [1.165, 1.54) is 27.0 Å². The zero-order valence-electron chi connectivity index (χ0n) is 10.4. The van der Waals surface area contributed by atoms with Gasteiger partial charge >= 0.3 is 0 Å². The second kappa shape index (κ2) is 4.67. The number of rotatable bonds is 1. The van der Waals surface area contributed by atoms with Crippen LogP contribution in [-0.2, 0) is 0 Å². The van der Waals surface area contributed by atoms with Crippen molar-refractivity contribution in [2.75, 3.05) is 0 Å². The molecule has 0 saturated carbocycles. The monoisotopic (exact) mass is 357 g/mol. The van der Waals surface area contributed by atoms with Gasteiger partial charge in [0.1, 0.15) is 11.4 Å². The van der Waals surface area contributed by atoms with Crippen molar-refractivity contribution in [2.45, 2.75) is 27.7 Å². The first-order chi connectivity index (χ1) is 7.91. The highest BCUT2D eigenvalue weighted by atomic mass is 79.9. The molecule has 90 valence electrons. The van der Waals surface area contributed by atoms with Crippen LogP contribution in [0, 0.1) is 0 Å². The molecule has 0 atom stereocenters. The minimum Gasteiger partial charge on any atom is -0.284 e. The van der Waals surface area contributed by atoms with E-state index in [1.807, 2.05) is 6.92 Å². The van der Waals surface area contributed by atoms with Gasteiger partial charge in [0.2, 0.25) is 0 Å². The lowest BCUT2D eigenvalue weighted by atomic mass is 10.1. The Kier molecular flexibility index (Phi) is 3.57. The maximum atomic E-state index is 4.57. The highest BCUT2D eigenvalue weighted by Crippen LogP contribution is 2.31.